The maximum Gasteiger partial charge on any atom is 0.161 e. The Balaban J connectivity index is 1.81. The standard InChI is InChI=1S/C16H25NO3/c1-13-7-5-6-10-17(13)11-14(18)12-20-16-9-4-3-8-15(16)19-2/h3-4,8-9,13-14,18H,5-7,10-12H2,1-2H3/t13-,14-/m0/s1. The molecule has 1 aliphatic rings. The molecule has 0 amide bonds. The van der Waals surface area contributed by atoms with Crippen LogP contribution in [0.5, 0.6) is 11.5 Å². The van der Waals surface area contributed by atoms with Gasteiger partial charge in [-0.05, 0) is 38.4 Å². The fourth-order valence-corrected chi connectivity index (χ4v) is 2.68. The molecule has 0 aliphatic carbocycles. The summed E-state index contributed by atoms with van der Waals surface area (Å²) in [6.45, 7) is 4.28. The SMILES string of the molecule is COc1ccccc1OC[C@@H](O)CN1CCCC[C@@H]1C. The van der Waals surface area contributed by atoms with E-state index in [1.54, 1.807) is 7.11 Å². The fourth-order valence-electron chi connectivity index (χ4n) is 2.68. The van der Waals surface area contributed by atoms with Crippen molar-refractivity contribution in [1.82, 2.24) is 4.90 Å². The quantitative estimate of drug-likeness (QED) is 0.867. The topological polar surface area (TPSA) is 41.9 Å². The summed E-state index contributed by atoms with van der Waals surface area (Å²) in [5.41, 5.74) is 0. The van der Waals surface area contributed by atoms with Crippen molar-refractivity contribution < 1.29 is 14.6 Å². The Kier molecular flexibility index (Phi) is 5.68. The normalized spacial score (nSPS) is 21.4. The highest BCUT2D eigenvalue weighted by molar-refractivity contribution is 5.39. The number of likely N-dealkylation sites (tertiary alicyclic amines) is 1. The molecule has 0 saturated carbocycles. The number of para-hydroxylation sites is 2. The Morgan fingerprint density at radius 1 is 1.30 bits per heavy atom. The van der Waals surface area contributed by atoms with E-state index in [0.29, 0.717) is 30.7 Å². The van der Waals surface area contributed by atoms with Crippen LogP contribution in [-0.2, 0) is 0 Å². The maximum absolute atomic E-state index is 10.1. The van der Waals surface area contributed by atoms with E-state index in [-0.39, 0.29) is 0 Å². The van der Waals surface area contributed by atoms with Gasteiger partial charge in [0.25, 0.3) is 0 Å². The van der Waals surface area contributed by atoms with Gasteiger partial charge in [0.05, 0.1) is 7.11 Å². The predicted octanol–water partition coefficient (Wildman–Crippen LogP) is 2.31. The number of nitrogens with zero attached hydrogens (tertiary/aromatic N) is 1. The summed E-state index contributed by atoms with van der Waals surface area (Å²) in [5, 5.41) is 10.1. The molecule has 0 aromatic heterocycles. The zero-order valence-electron chi connectivity index (χ0n) is 12.4. The lowest BCUT2D eigenvalue weighted by molar-refractivity contribution is 0.0431. The number of piperidine rings is 1. The molecule has 2 atom stereocenters. The van der Waals surface area contributed by atoms with E-state index >= 15 is 0 Å². The van der Waals surface area contributed by atoms with Crippen LogP contribution in [0.2, 0.25) is 0 Å². The summed E-state index contributed by atoms with van der Waals surface area (Å²) < 4.78 is 10.9. The first-order valence-corrected chi connectivity index (χ1v) is 7.38. The summed E-state index contributed by atoms with van der Waals surface area (Å²) in [6, 6.07) is 8.07. The fraction of sp³-hybridized carbons (Fsp3) is 0.625. The lowest BCUT2D eigenvalue weighted by Gasteiger charge is -2.34. The smallest absolute Gasteiger partial charge is 0.161 e. The second-order valence-electron chi connectivity index (χ2n) is 5.46. The molecule has 1 aromatic rings. The van der Waals surface area contributed by atoms with Gasteiger partial charge in [-0.1, -0.05) is 18.6 Å². The van der Waals surface area contributed by atoms with Crippen LogP contribution >= 0.6 is 0 Å². The Hall–Kier alpha value is -1.26. The van der Waals surface area contributed by atoms with Crippen molar-refractivity contribution in [3.8, 4) is 11.5 Å². The molecule has 112 valence electrons. The molecule has 1 N–H and O–H groups in total. The lowest BCUT2D eigenvalue weighted by Crippen LogP contribution is -2.43. The second kappa shape index (κ2) is 7.50. The van der Waals surface area contributed by atoms with Crippen LogP contribution in [-0.4, -0.2) is 49.0 Å². The number of hydrogen-bond donors (Lipinski definition) is 1. The summed E-state index contributed by atoms with van der Waals surface area (Å²) in [7, 11) is 1.62. The van der Waals surface area contributed by atoms with E-state index in [1.165, 1.54) is 19.3 Å². The maximum atomic E-state index is 10.1. The Bertz CT molecular complexity index is 410. The number of ether oxygens (including phenoxy) is 2. The molecule has 1 fully saturated rings. The van der Waals surface area contributed by atoms with E-state index in [0.717, 1.165) is 6.54 Å². The molecule has 0 unspecified atom stereocenters. The van der Waals surface area contributed by atoms with Crippen LogP contribution in [0.1, 0.15) is 26.2 Å². The van der Waals surface area contributed by atoms with E-state index < -0.39 is 6.10 Å². The molecule has 4 nitrogen and oxygen atoms in total. The van der Waals surface area contributed by atoms with Gasteiger partial charge in [-0.15, -0.1) is 0 Å². The van der Waals surface area contributed by atoms with Gasteiger partial charge in [-0.3, -0.25) is 4.90 Å². The molecule has 0 radical (unpaired) electrons. The molecular weight excluding hydrogens is 254 g/mol. The summed E-state index contributed by atoms with van der Waals surface area (Å²) >= 11 is 0. The van der Waals surface area contributed by atoms with Gasteiger partial charge in [0, 0.05) is 12.6 Å². The summed E-state index contributed by atoms with van der Waals surface area (Å²) in [4.78, 5) is 2.35. The van der Waals surface area contributed by atoms with Gasteiger partial charge in [0.1, 0.15) is 12.7 Å². The highest BCUT2D eigenvalue weighted by atomic mass is 16.5. The number of aliphatic hydroxyl groups excluding tert-OH is 1. The number of methoxy groups -OCH3 is 1. The van der Waals surface area contributed by atoms with Crippen molar-refractivity contribution in [2.75, 3.05) is 26.8 Å². The van der Waals surface area contributed by atoms with Crippen LogP contribution in [0, 0.1) is 0 Å². The highest BCUT2D eigenvalue weighted by Gasteiger charge is 2.21. The first kappa shape index (κ1) is 15.1. The van der Waals surface area contributed by atoms with Gasteiger partial charge in [-0.2, -0.15) is 0 Å². The number of rotatable bonds is 6. The second-order valence-corrected chi connectivity index (χ2v) is 5.46. The molecule has 1 aliphatic heterocycles. The van der Waals surface area contributed by atoms with Crippen LogP contribution in [0.15, 0.2) is 24.3 Å². The molecule has 20 heavy (non-hydrogen) atoms. The minimum atomic E-state index is -0.472. The van der Waals surface area contributed by atoms with Gasteiger partial charge < -0.3 is 14.6 Å². The Morgan fingerprint density at radius 3 is 2.75 bits per heavy atom. The van der Waals surface area contributed by atoms with E-state index in [1.807, 2.05) is 24.3 Å². The minimum Gasteiger partial charge on any atom is -0.493 e. The summed E-state index contributed by atoms with van der Waals surface area (Å²) in [5.74, 6) is 1.38. The van der Waals surface area contributed by atoms with Crippen molar-refractivity contribution in [2.24, 2.45) is 0 Å². The van der Waals surface area contributed by atoms with Crippen LogP contribution in [0.25, 0.3) is 0 Å². The van der Waals surface area contributed by atoms with Gasteiger partial charge in [0.15, 0.2) is 11.5 Å². The lowest BCUT2D eigenvalue weighted by atomic mass is 10.0. The van der Waals surface area contributed by atoms with Gasteiger partial charge >= 0.3 is 0 Å². The predicted molar refractivity (Wildman–Crippen MR) is 79.4 cm³/mol. The summed E-state index contributed by atoms with van der Waals surface area (Å²) in [6.07, 6.45) is 3.27. The van der Waals surface area contributed by atoms with E-state index in [9.17, 15) is 5.11 Å². The van der Waals surface area contributed by atoms with Crippen LogP contribution < -0.4 is 9.47 Å². The first-order chi connectivity index (χ1) is 9.70. The number of benzene rings is 1. The Labute approximate surface area is 121 Å². The third kappa shape index (κ3) is 4.12. The molecule has 1 aromatic carbocycles. The van der Waals surface area contributed by atoms with Crippen molar-refractivity contribution in [2.45, 2.75) is 38.3 Å². The Morgan fingerprint density at radius 2 is 2.05 bits per heavy atom. The third-order valence-electron chi connectivity index (χ3n) is 3.89. The molecule has 0 bridgehead atoms. The molecule has 1 heterocycles. The molecular formula is C16H25NO3. The number of β-amino-alcohol motifs (C(OH)–C–C–N with tert-alkyl or cyclic N) is 1. The third-order valence-corrected chi connectivity index (χ3v) is 3.89. The van der Waals surface area contributed by atoms with E-state index in [4.69, 9.17) is 9.47 Å². The van der Waals surface area contributed by atoms with Crippen LogP contribution in [0.4, 0.5) is 0 Å². The van der Waals surface area contributed by atoms with Gasteiger partial charge in [-0.25, -0.2) is 0 Å². The molecule has 2 rings (SSSR count). The van der Waals surface area contributed by atoms with Crippen molar-refractivity contribution in [3.63, 3.8) is 0 Å². The molecule has 4 heteroatoms. The average Bonchev–Trinajstić information content (AvgIpc) is 2.48. The minimum absolute atomic E-state index is 0.295. The van der Waals surface area contributed by atoms with Crippen molar-refractivity contribution >= 4 is 0 Å². The average molecular weight is 279 g/mol. The molecule has 0 spiro atoms. The molecule has 1 saturated heterocycles. The largest absolute Gasteiger partial charge is 0.493 e. The van der Waals surface area contributed by atoms with Gasteiger partial charge in [0.2, 0.25) is 0 Å². The van der Waals surface area contributed by atoms with E-state index in [2.05, 4.69) is 11.8 Å². The zero-order valence-corrected chi connectivity index (χ0v) is 12.4. The first-order valence-electron chi connectivity index (χ1n) is 7.38. The zero-order chi connectivity index (χ0) is 14.4. The van der Waals surface area contributed by atoms with Crippen LogP contribution in [0.3, 0.4) is 0 Å². The van der Waals surface area contributed by atoms with Crippen molar-refractivity contribution in [1.29, 1.82) is 0 Å². The van der Waals surface area contributed by atoms with Crippen molar-refractivity contribution in [3.05, 3.63) is 24.3 Å². The monoisotopic (exact) mass is 279 g/mol. The highest BCUT2D eigenvalue weighted by Crippen LogP contribution is 2.26. The number of hydrogen-bond acceptors (Lipinski definition) is 4. The number of aliphatic hydroxyl groups is 1.